The summed E-state index contributed by atoms with van der Waals surface area (Å²) in [6.45, 7) is 0. The van der Waals surface area contributed by atoms with E-state index in [9.17, 15) is 12.8 Å². The number of halogens is 2. The Hall–Kier alpha value is -1.01. The molecule has 0 amide bonds. The Morgan fingerprint density at radius 2 is 1.87 bits per heavy atom. The lowest BCUT2D eigenvalue weighted by Crippen LogP contribution is -2.00. The molecule has 7 heteroatoms. The van der Waals surface area contributed by atoms with Crippen LogP contribution in [0.5, 0.6) is 11.5 Å². The van der Waals surface area contributed by atoms with E-state index in [4.69, 9.17) is 20.2 Å². The van der Waals surface area contributed by atoms with E-state index in [1.165, 1.54) is 14.2 Å². The summed E-state index contributed by atoms with van der Waals surface area (Å²) in [7, 11) is 3.54. The quantitative estimate of drug-likeness (QED) is 0.772. The molecule has 1 aromatic rings. The monoisotopic (exact) mass is 254 g/mol. The first kappa shape index (κ1) is 12.1. The van der Waals surface area contributed by atoms with E-state index < -0.39 is 19.8 Å². The highest BCUT2D eigenvalue weighted by molar-refractivity contribution is 8.13. The van der Waals surface area contributed by atoms with Gasteiger partial charge < -0.3 is 9.47 Å². The lowest BCUT2D eigenvalue weighted by Gasteiger charge is -2.10. The van der Waals surface area contributed by atoms with Crippen molar-refractivity contribution in [3.05, 3.63) is 17.9 Å². The van der Waals surface area contributed by atoms with Crippen LogP contribution in [-0.2, 0) is 9.05 Å². The molecule has 1 aromatic carbocycles. The Morgan fingerprint density at radius 3 is 2.27 bits per heavy atom. The van der Waals surface area contributed by atoms with E-state index in [-0.39, 0.29) is 11.5 Å². The predicted molar refractivity (Wildman–Crippen MR) is 52.5 cm³/mol. The molecule has 0 saturated heterocycles. The van der Waals surface area contributed by atoms with Crippen LogP contribution in [0.25, 0.3) is 0 Å². The Balaban J connectivity index is 3.57. The zero-order chi connectivity index (χ0) is 11.6. The van der Waals surface area contributed by atoms with E-state index in [0.29, 0.717) is 0 Å². The molecule has 0 bridgehead atoms. The number of methoxy groups -OCH3 is 2. The van der Waals surface area contributed by atoms with Crippen LogP contribution in [0.4, 0.5) is 4.39 Å². The van der Waals surface area contributed by atoms with E-state index in [1.807, 2.05) is 0 Å². The van der Waals surface area contributed by atoms with Crippen LogP contribution in [0.2, 0.25) is 0 Å². The van der Waals surface area contributed by atoms with Gasteiger partial charge in [-0.15, -0.1) is 0 Å². The van der Waals surface area contributed by atoms with Crippen LogP contribution < -0.4 is 9.47 Å². The number of hydrogen-bond donors (Lipinski definition) is 0. The minimum Gasteiger partial charge on any atom is -0.493 e. The SMILES string of the molecule is COc1cc(F)cc(S(=O)(=O)Cl)c1OC. The van der Waals surface area contributed by atoms with Crippen molar-refractivity contribution in [2.75, 3.05) is 14.2 Å². The first-order valence-electron chi connectivity index (χ1n) is 3.76. The van der Waals surface area contributed by atoms with Crippen molar-refractivity contribution >= 4 is 19.7 Å². The molecule has 0 spiro atoms. The highest BCUT2D eigenvalue weighted by Gasteiger charge is 2.22. The Kier molecular flexibility index (Phi) is 3.41. The normalized spacial score (nSPS) is 11.2. The van der Waals surface area contributed by atoms with E-state index >= 15 is 0 Å². The molecule has 0 radical (unpaired) electrons. The maximum Gasteiger partial charge on any atom is 0.265 e. The van der Waals surface area contributed by atoms with Gasteiger partial charge in [0, 0.05) is 16.7 Å². The van der Waals surface area contributed by atoms with E-state index in [1.54, 1.807) is 0 Å². The maximum absolute atomic E-state index is 13.0. The van der Waals surface area contributed by atoms with Gasteiger partial charge in [-0.1, -0.05) is 0 Å². The summed E-state index contributed by atoms with van der Waals surface area (Å²) in [6, 6.07) is 1.77. The van der Waals surface area contributed by atoms with Gasteiger partial charge in [0.1, 0.15) is 10.7 Å². The molecule has 0 saturated carbocycles. The molecule has 84 valence electrons. The Labute approximate surface area is 91.0 Å². The molecule has 0 fully saturated rings. The molecule has 0 N–H and O–H groups in total. The minimum atomic E-state index is -4.07. The topological polar surface area (TPSA) is 52.6 Å². The third kappa shape index (κ3) is 2.51. The summed E-state index contributed by atoms with van der Waals surface area (Å²) in [6.07, 6.45) is 0. The van der Waals surface area contributed by atoms with Gasteiger partial charge >= 0.3 is 0 Å². The van der Waals surface area contributed by atoms with Crippen molar-refractivity contribution in [1.29, 1.82) is 0 Å². The second-order valence-corrected chi connectivity index (χ2v) is 5.11. The lowest BCUT2D eigenvalue weighted by molar-refractivity contribution is 0.344. The van der Waals surface area contributed by atoms with Crippen LogP contribution in [0, 0.1) is 5.82 Å². The Bertz CT molecular complexity index is 472. The van der Waals surface area contributed by atoms with Crippen molar-refractivity contribution in [1.82, 2.24) is 0 Å². The molecule has 15 heavy (non-hydrogen) atoms. The number of hydrogen-bond acceptors (Lipinski definition) is 4. The number of ether oxygens (including phenoxy) is 2. The van der Waals surface area contributed by atoms with Crippen molar-refractivity contribution in [2.24, 2.45) is 0 Å². The fourth-order valence-electron chi connectivity index (χ4n) is 1.08. The van der Waals surface area contributed by atoms with Gasteiger partial charge in [0.25, 0.3) is 9.05 Å². The summed E-state index contributed by atoms with van der Waals surface area (Å²) >= 11 is 0. The van der Waals surface area contributed by atoms with Gasteiger partial charge in [0.2, 0.25) is 0 Å². The van der Waals surface area contributed by atoms with Gasteiger partial charge in [-0.05, 0) is 6.07 Å². The zero-order valence-corrected chi connectivity index (χ0v) is 9.52. The molecule has 0 aromatic heterocycles. The summed E-state index contributed by atoms with van der Waals surface area (Å²) in [5, 5.41) is 0. The van der Waals surface area contributed by atoms with Crippen LogP contribution in [0.3, 0.4) is 0 Å². The highest BCUT2D eigenvalue weighted by atomic mass is 35.7. The smallest absolute Gasteiger partial charge is 0.265 e. The first-order chi connectivity index (χ1) is 6.90. The van der Waals surface area contributed by atoms with Crippen molar-refractivity contribution in [2.45, 2.75) is 4.90 Å². The van der Waals surface area contributed by atoms with E-state index in [0.717, 1.165) is 12.1 Å². The summed E-state index contributed by atoms with van der Waals surface area (Å²) in [5.41, 5.74) is 0. The van der Waals surface area contributed by atoms with Crippen molar-refractivity contribution in [3.8, 4) is 11.5 Å². The summed E-state index contributed by atoms with van der Waals surface area (Å²) < 4.78 is 44.8. The van der Waals surface area contributed by atoms with Gasteiger partial charge in [-0.2, -0.15) is 0 Å². The standard InChI is InChI=1S/C8H8ClFO4S/c1-13-6-3-5(10)4-7(8(6)14-2)15(9,11)12/h3-4H,1-2H3. The molecular weight excluding hydrogens is 247 g/mol. The molecule has 0 aliphatic rings. The lowest BCUT2D eigenvalue weighted by atomic mass is 10.3. The zero-order valence-electron chi connectivity index (χ0n) is 7.95. The fourth-order valence-corrected chi connectivity index (χ4v) is 2.08. The van der Waals surface area contributed by atoms with Crippen LogP contribution in [-0.4, -0.2) is 22.6 Å². The molecular formula is C8H8ClFO4S. The van der Waals surface area contributed by atoms with Gasteiger partial charge in [-0.25, -0.2) is 12.8 Å². The fraction of sp³-hybridized carbons (Fsp3) is 0.250. The van der Waals surface area contributed by atoms with Gasteiger partial charge in [0.05, 0.1) is 14.2 Å². The average molecular weight is 255 g/mol. The van der Waals surface area contributed by atoms with Crippen LogP contribution in [0.15, 0.2) is 17.0 Å². The molecule has 0 aliphatic heterocycles. The molecule has 0 atom stereocenters. The molecule has 0 unspecified atom stereocenters. The molecule has 0 heterocycles. The van der Waals surface area contributed by atoms with Crippen molar-refractivity contribution in [3.63, 3.8) is 0 Å². The second-order valence-electron chi connectivity index (χ2n) is 2.58. The molecule has 0 aliphatic carbocycles. The first-order valence-corrected chi connectivity index (χ1v) is 6.07. The maximum atomic E-state index is 13.0. The minimum absolute atomic E-state index is 0.0308. The largest absolute Gasteiger partial charge is 0.493 e. The number of benzene rings is 1. The third-order valence-corrected chi connectivity index (χ3v) is 3.00. The highest BCUT2D eigenvalue weighted by Crippen LogP contribution is 2.36. The number of rotatable bonds is 3. The van der Waals surface area contributed by atoms with Gasteiger partial charge in [0.15, 0.2) is 11.5 Å². The van der Waals surface area contributed by atoms with Crippen LogP contribution >= 0.6 is 10.7 Å². The summed E-state index contributed by atoms with van der Waals surface area (Å²) in [5.74, 6) is -0.919. The predicted octanol–water partition coefficient (Wildman–Crippen LogP) is 1.77. The second kappa shape index (κ2) is 4.24. The third-order valence-electron chi connectivity index (χ3n) is 1.67. The summed E-state index contributed by atoms with van der Waals surface area (Å²) in [4.78, 5) is -0.455. The van der Waals surface area contributed by atoms with Crippen LogP contribution in [0.1, 0.15) is 0 Å². The Morgan fingerprint density at radius 1 is 1.27 bits per heavy atom. The molecule has 4 nitrogen and oxygen atoms in total. The van der Waals surface area contributed by atoms with Gasteiger partial charge in [-0.3, -0.25) is 0 Å². The van der Waals surface area contributed by atoms with Crippen molar-refractivity contribution < 1.29 is 22.3 Å². The van der Waals surface area contributed by atoms with E-state index in [2.05, 4.69) is 0 Å². The average Bonchev–Trinajstić information content (AvgIpc) is 2.15. The molecule has 1 rings (SSSR count).